The van der Waals surface area contributed by atoms with E-state index in [0.717, 1.165) is 42.3 Å². The Labute approximate surface area is 188 Å². The molecule has 29 heavy (non-hydrogen) atoms. The number of anilines is 1. The fourth-order valence-corrected chi connectivity index (χ4v) is 2.94. The number of nitrogens with one attached hydrogen (secondary N) is 3. The maximum atomic E-state index is 12.2. The molecule has 0 radical (unpaired) electrons. The number of guanidine groups is 1. The molecule has 0 spiro atoms. The van der Waals surface area contributed by atoms with Crippen LogP contribution in [0.2, 0.25) is 0 Å². The van der Waals surface area contributed by atoms with Crippen LogP contribution in [-0.4, -0.2) is 36.1 Å². The van der Waals surface area contributed by atoms with Crippen molar-refractivity contribution in [3.8, 4) is 0 Å². The van der Waals surface area contributed by atoms with Crippen LogP contribution in [0.3, 0.4) is 0 Å². The second-order valence-corrected chi connectivity index (χ2v) is 6.56. The molecule has 1 aliphatic heterocycles. The van der Waals surface area contributed by atoms with Crippen LogP contribution < -0.4 is 16.0 Å². The van der Waals surface area contributed by atoms with Crippen molar-refractivity contribution >= 4 is 41.5 Å². The fraction of sp³-hybridized carbons (Fsp3) is 0.381. The van der Waals surface area contributed by atoms with Gasteiger partial charge in [-0.15, -0.1) is 24.0 Å². The quantitative estimate of drug-likeness (QED) is 0.304. The molecule has 1 atom stereocenters. The van der Waals surface area contributed by atoms with E-state index in [9.17, 15) is 4.79 Å². The summed E-state index contributed by atoms with van der Waals surface area (Å²) in [6.45, 7) is 4.56. The summed E-state index contributed by atoms with van der Waals surface area (Å²) in [5, 5.41) is 9.44. The van der Waals surface area contributed by atoms with Gasteiger partial charge in [0.15, 0.2) is 5.96 Å². The molecular formula is C21H28IN5O2. The van der Waals surface area contributed by atoms with Crippen LogP contribution in [0.15, 0.2) is 53.7 Å². The normalized spacial score (nSPS) is 16.0. The smallest absolute Gasteiger partial charge is 0.253 e. The van der Waals surface area contributed by atoms with Crippen LogP contribution in [0.1, 0.15) is 31.0 Å². The number of hydrogen-bond donors (Lipinski definition) is 3. The predicted molar refractivity (Wildman–Crippen MR) is 125 cm³/mol. The van der Waals surface area contributed by atoms with Gasteiger partial charge in [-0.1, -0.05) is 18.2 Å². The molecule has 2 heterocycles. The molecule has 1 saturated heterocycles. The first-order valence-electron chi connectivity index (χ1n) is 9.68. The van der Waals surface area contributed by atoms with Crippen molar-refractivity contribution in [3.05, 3.63) is 59.9 Å². The second-order valence-electron chi connectivity index (χ2n) is 6.56. The minimum atomic E-state index is -0.335. The molecule has 2 aromatic rings. The molecule has 3 N–H and O–H groups in total. The topological polar surface area (TPSA) is 87.6 Å². The molecule has 3 rings (SSSR count). The lowest BCUT2D eigenvalue weighted by atomic mass is 10.2. The molecule has 8 heteroatoms. The van der Waals surface area contributed by atoms with Crippen LogP contribution in [0.25, 0.3) is 0 Å². The number of amides is 1. The third-order valence-corrected chi connectivity index (χ3v) is 4.34. The number of nitrogens with zero attached hydrogens (tertiary/aromatic N) is 2. The maximum Gasteiger partial charge on any atom is 0.253 e. The highest BCUT2D eigenvalue weighted by Crippen LogP contribution is 2.16. The lowest BCUT2D eigenvalue weighted by molar-refractivity contribution is -0.124. The zero-order valence-corrected chi connectivity index (χ0v) is 18.9. The standard InChI is InChI=1S/C21H27N5O2.HI/c1-2-22-21(25-15-18-8-3-4-11-23-18)24-14-16-7-5-9-17(13-16)26-20(27)19-10-6-12-28-19;/h3-5,7-9,11,13,19H,2,6,10,12,14-15H2,1H3,(H,26,27)(H2,22,24,25);1H. The lowest BCUT2D eigenvalue weighted by Crippen LogP contribution is -2.37. The van der Waals surface area contributed by atoms with Crippen LogP contribution in [0.4, 0.5) is 5.69 Å². The summed E-state index contributed by atoms with van der Waals surface area (Å²) < 4.78 is 5.43. The molecular weight excluding hydrogens is 481 g/mol. The monoisotopic (exact) mass is 509 g/mol. The van der Waals surface area contributed by atoms with Gasteiger partial charge in [0.05, 0.1) is 18.8 Å². The molecule has 1 aliphatic rings. The van der Waals surface area contributed by atoms with Crippen molar-refractivity contribution in [2.75, 3.05) is 18.5 Å². The van der Waals surface area contributed by atoms with E-state index in [2.05, 4.69) is 25.9 Å². The van der Waals surface area contributed by atoms with Crippen molar-refractivity contribution in [2.45, 2.75) is 39.0 Å². The Morgan fingerprint density at radius 2 is 2.14 bits per heavy atom. The van der Waals surface area contributed by atoms with E-state index in [1.807, 2.05) is 49.4 Å². The number of ether oxygens (including phenoxy) is 1. The average molecular weight is 509 g/mol. The Morgan fingerprint density at radius 1 is 1.24 bits per heavy atom. The summed E-state index contributed by atoms with van der Waals surface area (Å²) >= 11 is 0. The number of aliphatic imine (C=N–C) groups is 1. The number of benzene rings is 1. The zero-order chi connectivity index (χ0) is 19.6. The van der Waals surface area contributed by atoms with Gasteiger partial charge in [-0.2, -0.15) is 0 Å². The number of carbonyl (C=O) groups excluding carboxylic acids is 1. The molecule has 0 saturated carbocycles. The van der Waals surface area contributed by atoms with Gasteiger partial charge >= 0.3 is 0 Å². The first-order valence-corrected chi connectivity index (χ1v) is 9.68. The third-order valence-electron chi connectivity index (χ3n) is 4.34. The van der Waals surface area contributed by atoms with Gasteiger partial charge in [0.25, 0.3) is 5.91 Å². The number of aromatic nitrogens is 1. The Morgan fingerprint density at radius 3 is 2.86 bits per heavy atom. The van der Waals surface area contributed by atoms with E-state index in [1.165, 1.54) is 0 Å². The second kappa shape index (κ2) is 12.4. The van der Waals surface area contributed by atoms with Crippen LogP contribution >= 0.6 is 24.0 Å². The molecule has 0 aliphatic carbocycles. The number of halogens is 1. The molecule has 1 aromatic heterocycles. The van der Waals surface area contributed by atoms with E-state index in [0.29, 0.717) is 19.7 Å². The minimum Gasteiger partial charge on any atom is -0.368 e. The number of hydrogen-bond acceptors (Lipinski definition) is 4. The summed E-state index contributed by atoms with van der Waals surface area (Å²) in [6.07, 6.45) is 3.16. The molecule has 0 bridgehead atoms. The van der Waals surface area contributed by atoms with Gasteiger partial charge in [0.1, 0.15) is 6.10 Å². The Balaban J connectivity index is 0.00000300. The number of carbonyl (C=O) groups is 1. The predicted octanol–water partition coefficient (Wildman–Crippen LogP) is 3.07. The van der Waals surface area contributed by atoms with E-state index in [4.69, 9.17) is 4.74 Å². The van der Waals surface area contributed by atoms with Gasteiger partial charge in [-0.25, -0.2) is 4.99 Å². The fourth-order valence-electron chi connectivity index (χ4n) is 2.94. The number of rotatable bonds is 7. The van der Waals surface area contributed by atoms with Gasteiger partial charge in [0, 0.05) is 25.0 Å². The minimum absolute atomic E-state index is 0. The Kier molecular flexibility index (Phi) is 9.85. The molecule has 1 amide bonds. The summed E-state index contributed by atoms with van der Waals surface area (Å²) in [7, 11) is 0. The van der Waals surface area contributed by atoms with Crippen molar-refractivity contribution < 1.29 is 9.53 Å². The summed E-state index contributed by atoms with van der Waals surface area (Å²) in [6, 6.07) is 13.6. The molecule has 7 nitrogen and oxygen atoms in total. The highest BCUT2D eigenvalue weighted by atomic mass is 127. The van der Waals surface area contributed by atoms with Crippen molar-refractivity contribution in [1.82, 2.24) is 15.6 Å². The first kappa shape index (κ1) is 23.1. The van der Waals surface area contributed by atoms with Gasteiger partial charge in [-0.3, -0.25) is 9.78 Å². The van der Waals surface area contributed by atoms with Crippen molar-refractivity contribution in [1.29, 1.82) is 0 Å². The Bertz CT molecular complexity index is 795. The van der Waals surface area contributed by atoms with E-state index in [-0.39, 0.29) is 36.0 Å². The Hall–Kier alpha value is -2.20. The van der Waals surface area contributed by atoms with Crippen LogP contribution in [-0.2, 0) is 22.6 Å². The van der Waals surface area contributed by atoms with Crippen molar-refractivity contribution in [3.63, 3.8) is 0 Å². The first-order chi connectivity index (χ1) is 13.7. The lowest BCUT2D eigenvalue weighted by Gasteiger charge is -2.12. The largest absolute Gasteiger partial charge is 0.368 e. The summed E-state index contributed by atoms with van der Waals surface area (Å²) in [5.41, 5.74) is 2.73. The number of pyridine rings is 1. The van der Waals surface area contributed by atoms with Gasteiger partial charge in [0.2, 0.25) is 0 Å². The summed E-state index contributed by atoms with van der Waals surface area (Å²) in [5.74, 6) is 0.644. The van der Waals surface area contributed by atoms with Gasteiger partial charge in [-0.05, 0) is 49.6 Å². The molecule has 1 fully saturated rings. The SMILES string of the molecule is CCNC(=NCc1cccc(NC(=O)C2CCCO2)c1)NCc1ccccn1.I. The average Bonchev–Trinajstić information content (AvgIpc) is 3.26. The van der Waals surface area contributed by atoms with Crippen molar-refractivity contribution in [2.24, 2.45) is 4.99 Å². The molecule has 1 aromatic carbocycles. The maximum absolute atomic E-state index is 12.2. The summed E-state index contributed by atoms with van der Waals surface area (Å²) in [4.78, 5) is 21.1. The molecule has 156 valence electrons. The highest BCUT2D eigenvalue weighted by molar-refractivity contribution is 14.0. The van der Waals surface area contributed by atoms with Crippen LogP contribution in [0.5, 0.6) is 0 Å². The third kappa shape index (κ3) is 7.62. The van der Waals surface area contributed by atoms with E-state index >= 15 is 0 Å². The van der Waals surface area contributed by atoms with E-state index < -0.39 is 0 Å². The zero-order valence-electron chi connectivity index (χ0n) is 16.6. The van der Waals surface area contributed by atoms with Gasteiger partial charge < -0.3 is 20.7 Å². The van der Waals surface area contributed by atoms with E-state index in [1.54, 1.807) is 6.20 Å². The molecule has 1 unspecified atom stereocenters. The highest BCUT2D eigenvalue weighted by Gasteiger charge is 2.23. The van der Waals surface area contributed by atoms with Crippen LogP contribution in [0, 0.1) is 0 Å².